The minimum Gasteiger partial charge on any atom is -0.370 e. The summed E-state index contributed by atoms with van der Waals surface area (Å²) < 4.78 is 5.77. The molecule has 0 aromatic heterocycles. The number of ether oxygens (including phenoxy) is 1. The van der Waals surface area contributed by atoms with Gasteiger partial charge in [-0.2, -0.15) is 0 Å². The van der Waals surface area contributed by atoms with E-state index in [4.69, 9.17) is 10.5 Å². The number of carbonyl (C=O) groups is 1. The molecule has 2 rings (SSSR count). The molecule has 1 aliphatic heterocycles. The van der Waals surface area contributed by atoms with Gasteiger partial charge in [0.15, 0.2) is 0 Å². The second-order valence-electron chi connectivity index (χ2n) is 5.61. The van der Waals surface area contributed by atoms with E-state index in [0.29, 0.717) is 26.2 Å². The van der Waals surface area contributed by atoms with Crippen LogP contribution in [0.1, 0.15) is 25.5 Å². The summed E-state index contributed by atoms with van der Waals surface area (Å²) in [6.45, 7) is 5.97. The molecule has 1 amide bonds. The number of halogens is 1. The molecular weight excluding hydrogens is 276 g/mol. The van der Waals surface area contributed by atoms with Gasteiger partial charge < -0.3 is 15.4 Å². The summed E-state index contributed by atoms with van der Waals surface area (Å²) >= 11 is 0. The van der Waals surface area contributed by atoms with Crippen molar-refractivity contribution in [1.29, 1.82) is 0 Å². The molecule has 1 atom stereocenters. The molecule has 1 aliphatic rings. The molecule has 4 nitrogen and oxygen atoms in total. The van der Waals surface area contributed by atoms with Gasteiger partial charge in [0.25, 0.3) is 0 Å². The Balaban J connectivity index is 0.00000200. The van der Waals surface area contributed by atoms with Gasteiger partial charge in [-0.3, -0.25) is 4.79 Å². The predicted molar refractivity (Wildman–Crippen MR) is 81.8 cm³/mol. The second kappa shape index (κ2) is 7.07. The van der Waals surface area contributed by atoms with E-state index in [1.807, 2.05) is 49.1 Å². The SMILES string of the molecule is CC(C)(CN)C(=O)N1CCOC(c2ccccc2)C1.Cl. The third-order valence-electron chi connectivity index (χ3n) is 3.61. The molecule has 1 aromatic rings. The maximum Gasteiger partial charge on any atom is 0.229 e. The van der Waals surface area contributed by atoms with Crippen LogP contribution in [0.2, 0.25) is 0 Å². The molecule has 20 heavy (non-hydrogen) atoms. The fourth-order valence-electron chi connectivity index (χ4n) is 2.22. The first-order chi connectivity index (χ1) is 9.04. The molecule has 1 unspecified atom stereocenters. The summed E-state index contributed by atoms with van der Waals surface area (Å²) in [5.74, 6) is 0.110. The van der Waals surface area contributed by atoms with Crippen molar-refractivity contribution in [3.05, 3.63) is 35.9 Å². The zero-order valence-corrected chi connectivity index (χ0v) is 12.9. The van der Waals surface area contributed by atoms with Crippen LogP contribution in [-0.2, 0) is 9.53 Å². The average Bonchev–Trinajstić information content (AvgIpc) is 2.47. The van der Waals surface area contributed by atoms with Crippen LogP contribution in [0, 0.1) is 5.41 Å². The van der Waals surface area contributed by atoms with Gasteiger partial charge in [0, 0.05) is 13.1 Å². The molecule has 2 N–H and O–H groups in total. The molecule has 1 aromatic carbocycles. The van der Waals surface area contributed by atoms with Crippen molar-refractivity contribution in [2.24, 2.45) is 11.1 Å². The Labute approximate surface area is 126 Å². The van der Waals surface area contributed by atoms with E-state index in [2.05, 4.69) is 0 Å². The Hall–Kier alpha value is -1.10. The lowest BCUT2D eigenvalue weighted by atomic mass is 9.91. The Morgan fingerprint density at radius 3 is 2.65 bits per heavy atom. The van der Waals surface area contributed by atoms with Crippen LogP contribution in [0.25, 0.3) is 0 Å². The molecular formula is C15H23ClN2O2. The summed E-state index contributed by atoms with van der Waals surface area (Å²) in [5, 5.41) is 0. The number of nitrogens with zero attached hydrogens (tertiary/aromatic N) is 1. The summed E-state index contributed by atoms with van der Waals surface area (Å²) in [6, 6.07) is 10.0. The molecule has 0 spiro atoms. The molecule has 1 heterocycles. The number of nitrogens with two attached hydrogens (primary N) is 1. The Morgan fingerprint density at radius 1 is 1.40 bits per heavy atom. The molecule has 0 aliphatic carbocycles. The van der Waals surface area contributed by atoms with Crippen molar-refractivity contribution in [3.63, 3.8) is 0 Å². The zero-order chi connectivity index (χ0) is 13.9. The van der Waals surface area contributed by atoms with Crippen LogP contribution in [0.5, 0.6) is 0 Å². The summed E-state index contributed by atoms with van der Waals surface area (Å²) in [6.07, 6.45) is -0.0347. The third kappa shape index (κ3) is 3.72. The monoisotopic (exact) mass is 298 g/mol. The van der Waals surface area contributed by atoms with Crippen molar-refractivity contribution in [2.75, 3.05) is 26.2 Å². The van der Waals surface area contributed by atoms with Gasteiger partial charge in [0.2, 0.25) is 5.91 Å². The van der Waals surface area contributed by atoms with Gasteiger partial charge in [0.1, 0.15) is 6.10 Å². The Bertz CT molecular complexity index is 437. The van der Waals surface area contributed by atoms with E-state index < -0.39 is 5.41 Å². The van der Waals surface area contributed by atoms with Crippen molar-refractivity contribution < 1.29 is 9.53 Å². The first kappa shape index (κ1) is 17.0. The highest BCUT2D eigenvalue weighted by Crippen LogP contribution is 2.25. The predicted octanol–water partition coefficient (Wildman–Crippen LogP) is 1.99. The van der Waals surface area contributed by atoms with E-state index in [1.54, 1.807) is 0 Å². The van der Waals surface area contributed by atoms with Crippen LogP contribution in [0.15, 0.2) is 30.3 Å². The summed E-state index contributed by atoms with van der Waals surface area (Å²) in [7, 11) is 0. The fourth-order valence-corrected chi connectivity index (χ4v) is 2.22. The highest BCUT2D eigenvalue weighted by atomic mass is 35.5. The van der Waals surface area contributed by atoms with Gasteiger partial charge >= 0.3 is 0 Å². The topological polar surface area (TPSA) is 55.6 Å². The highest BCUT2D eigenvalue weighted by Gasteiger charge is 2.34. The smallest absolute Gasteiger partial charge is 0.229 e. The third-order valence-corrected chi connectivity index (χ3v) is 3.61. The van der Waals surface area contributed by atoms with Crippen LogP contribution >= 0.6 is 12.4 Å². The quantitative estimate of drug-likeness (QED) is 0.928. The van der Waals surface area contributed by atoms with E-state index in [0.717, 1.165) is 5.56 Å². The van der Waals surface area contributed by atoms with E-state index in [9.17, 15) is 4.79 Å². The second-order valence-corrected chi connectivity index (χ2v) is 5.61. The molecule has 1 saturated heterocycles. The molecule has 0 radical (unpaired) electrons. The molecule has 0 bridgehead atoms. The lowest BCUT2D eigenvalue weighted by Crippen LogP contribution is -2.49. The number of benzene rings is 1. The van der Waals surface area contributed by atoms with Crippen LogP contribution < -0.4 is 5.73 Å². The highest BCUT2D eigenvalue weighted by molar-refractivity contribution is 5.85. The van der Waals surface area contributed by atoms with Gasteiger partial charge in [-0.15, -0.1) is 12.4 Å². The summed E-state index contributed by atoms with van der Waals surface area (Å²) in [4.78, 5) is 14.3. The number of morpholine rings is 1. The van der Waals surface area contributed by atoms with E-state index >= 15 is 0 Å². The number of hydrogen-bond acceptors (Lipinski definition) is 3. The number of rotatable bonds is 3. The molecule has 112 valence electrons. The fraction of sp³-hybridized carbons (Fsp3) is 0.533. The minimum atomic E-state index is -0.501. The first-order valence-corrected chi connectivity index (χ1v) is 6.70. The van der Waals surface area contributed by atoms with Crippen molar-refractivity contribution in [2.45, 2.75) is 20.0 Å². The minimum absolute atomic E-state index is 0. The van der Waals surface area contributed by atoms with Gasteiger partial charge in [-0.05, 0) is 19.4 Å². The van der Waals surface area contributed by atoms with Crippen LogP contribution in [0.4, 0.5) is 0 Å². The maximum absolute atomic E-state index is 12.4. The van der Waals surface area contributed by atoms with Crippen LogP contribution in [0.3, 0.4) is 0 Å². The number of amides is 1. The molecule has 5 heteroatoms. The van der Waals surface area contributed by atoms with Crippen molar-refractivity contribution in [3.8, 4) is 0 Å². The van der Waals surface area contributed by atoms with Crippen molar-refractivity contribution >= 4 is 18.3 Å². The average molecular weight is 299 g/mol. The molecule has 0 saturated carbocycles. The normalized spacial score (nSPS) is 19.4. The van der Waals surface area contributed by atoms with E-state index in [-0.39, 0.29) is 24.4 Å². The number of hydrogen-bond donors (Lipinski definition) is 1. The van der Waals surface area contributed by atoms with Gasteiger partial charge in [0.05, 0.1) is 18.6 Å². The van der Waals surface area contributed by atoms with Gasteiger partial charge in [-0.25, -0.2) is 0 Å². The van der Waals surface area contributed by atoms with Crippen molar-refractivity contribution in [1.82, 2.24) is 4.90 Å². The Morgan fingerprint density at radius 2 is 2.05 bits per heavy atom. The zero-order valence-electron chi connectivity index (χ0n) is 12.0. The summed E-state index contributed by atoms with van der Waals surface area (Å²) in [5.41, 5.74) is 6.30. The standard InChI is InChI=1S/C15H22N2O2.ClH/c1-15(2,11-16)14(18)17-8-9-19-13(10-17)12-6-4-3-5-7-12;/h3-7,13H,8-11,16H2,1-2H3;1H. The maximum atomic E-state index is 12.4. The molecule has 1 fully saturated rings. The Kier molecular flexibility index (Phi) is 5.99. The lowest BCUT2D eigenvalue weighted by molar-refractivity contribution is -0.147. The van der Waals surface area contributed by atoms with Gasteiger partial charge in [-0.1, -0.05) is 30.3 Å². The number of carbonyl (C=O) groups excluding carboxylic acids is 1. The lowest BCUT2D eigenvalue weighted by Gasteiger charge is -2.37. The van der Waals surface area contributed by atoms with E-state index in [1.165, 1.54) is 0 Å². The first-order valence-electron chi connectivity index (χ1n) is 6.70. The van der Waals surface area contributed by atoms with Crippen LogP contribution in [-0.4, -0.2) is 37.0 Å². The largest absolute Gasteiger partial charge is 0.370 e.